The van der Waals surface area contributed by atoms with Crippen molar-refractivity contribution in [2.45, 2.75) is 58.4 Å². The smallest absolute Gasteiger partial charge is 0.334 e. The molecule has 0 amide bonds. The Kier molecular flexibility index (Phi) is 8.12. The number of carbonyl (C=O) groups excluding carboxylic acids is 1. The molecular weight excluding hydrogens is 498 g/mol. The third-order valence-corrected chi connectivity index (χ3v) is 7.19. The van der Waals surface area contributed by atoms with Gasteiger partial charge in [-0.15, -0.1) is 8.58 Å². The van der Waals surface area contributed by atoms with Crippen LogP contribution in [0.5, 0.6) is 0 Å². The van der Waals surface area contributed by atoms with E-state index >= 15 is 0 Å². The summed E-state index contributed by atoms with van der Waals surface area (Å²) in [5.74, 6) is 0.101. The van der Waals surface area contributed by atoms with Crippen molar-refractivity contribution in [1.29, 1.82) is 0 Å². The summed E-state index contributed by atoms with van der Waals surface area (Å²) in [4.78, 5) is 24.0. The lowest BCUT2D eigenvalue weighted by atomic mass is 9.97. The highest BCUT2D eigenvalue weighted by Crippen LogP contribution is 2.35. The number of alkyl halides is 3. The summed E-state index contributed by atoms with van der Waals surface area (Å²) in [6.45, 7) is 8.52. The van der Waals surface area contributed by atoms with E-state index in [4.69, 9.17) is 0 Å². The largest absolute Gasteiger partial charge is 0.392 e. The van der Waals surface area contributed by atoms with Crippen LogP contribution in [0.3, 0.4) is 0 Å². The van der Waals surface area contributed by atoms with E-state index in [2.05, 4.69) is 33.7 Å². The van der Waals surface area contributed by atoms with Gasteiger partial charge in [-0.2, -0.15) is 13.2 Å². The Balaban J connectivity index is 0.000000186. The number of nitrogens with zero attached hydrogens (tertiary/aromatic N) is 5. The van der Waals surface area contributed by atoms with Crippen LogP contribution in [0, 0.1) is 12.8 Å². The van der Waals surface area contributed by atoms with Crippen molar-refractivity contribution < 1.29 is 18.0 Å². The molecule has 4 aromatic rings. The molecule has 2 unspecified atom stereocenters. The molecule has 4 heterocycles. The first-order valence-electron chi connectivity index (χ1n) is 12.3. The summed E-state index contributed by atoms with van der Waals surface area (Å²) in [6, 6.07) is 8.15. The number of aldehydes is 1. The molecule has 6 nitrogen and oxygen atoms in total. The zero-order valence-electron chi connectivity index (χ0n) is 21.4. The van der Waals surface area contributed by atoms with Crippen LogP contribution >= 0.6 is 8.58 Å². The molecular formula is C27H31F3N5OP. The minimum absolute atomic E-state index is 0.0153. The summed E-state index contributed by atoms with van der Waals surface area (Å²) in [5.41, 5.74) is 5.44. The minimum Gasteiger partial charge on any atom is -0.334 e. The van der Waals surface area contributed by atoms with Gasteiger partial charge >= 0.3 is 6.18 Å². The Bertz CT molecular complexity index is 1380. The number of aryl methyl sites for hydroxylation is 2. The molecule has 1 aromatic carbocycles. The average Bonchev–Trinajstić information content (AvgIpc) is 3.45. The summed E-state index contributed by atoms with van der Waals surface area (Å²) in [7, 11) is 0.874. The fraction of sp³-hybridized carbons (Fsp3) is 0.407. The van der Waals surface area contributed by atoms with Gasteiger partial charge in [0, 0.05) is 37.1 Å². The minimum atomic E-state index is -4.13. The van der Waals surface area contributed by atoms with Gasteiger partial charge in [0.05, 0.1) is 17.3 Å². The fourth-order valence-corrected chi connectivity index (χ4v) is 5.09. The summed E-state index contributed by atoms with van der Waals surface area (Å²) >= 11 is 0. The van der Waals surface area contributed by atoms with Crippen molar-refractivity contribution in [3.8, 4) is 11.3 Å². The molecule has 0 radical (unpaired) electrons. The maximum absolute atomic E-state index is 12.8. The maximum Gasteiger partial charge on any atom is 0.392 e. The Labute approximate surface area is 216 Å². The van der Waals surface area contributed by atoms with Crippen LogP contribution in [0.2, 0.25) is 0 Å². The van der Waals surface area contributed by atoms with Gasteiger partial charge in [-0.25, -0.2) is 15.0 Å². The summed E-state index contributed by atoms with van der Waals surface area (Å²) in [5, 5.41) is 0. The van der Waals surface area contributed by atoms with Crippen LogP contribution in [0.15, 0.2) is 42.9 Å². The maximum atomic E-state index is 12.8. The van der Waals surface area contributed by atoms with E-state index in [0.717, 1.165) is 43.5 Å². The number of hydrogen-bond donors (Lipinski definition) is 0. The molecule has 10 heteroatoms. The third kappa shape index (κ3) is 6.09. The molecule has 0 aliphatic carbocycles. The van der Waals surface area contributed by atoms with E-state index in [1.165, 1.54) is 5.56 Å². The SMILES string of the molecule is CPCc1ccc(-c2cn3c(n2)CC(C(F)(F)F)CC3)cc1.Cc1cnc2nc(C(C)C)c(C=O)n2c1. The Morgan fingerprint density at radius 1 is 1.16 bits per heavy atom. The number of hydrogen-bond acceptors (Lipinski definition) is 4. The second-order valence-electron chi connectivity index (χ2n) is 9.65. The zero-order chi connectivity index (χ0) is 26.7. The lowest BCUT2D eigenvalue weighted by Crippen LogP contribution is -2.31. The van der Waals surface area contributed by atoms with Crippen molar-refractivity contribution in [2.75, 3.05) is 6.66 Å². The summed E-state index contributed by atoms with van der Waals surface area (Å²) in [6.07, 6.45) is 3.41. The number of aromatic nitrogens is 5. The van der Waals surface area contributed by atoms with Gasteiger partial charge in [-0.05, 0) is 43.2 Å². The topological polar surface area (TPSA) is 65.1 Å². The number of halogens is 3. The predicted octanol–water partition coefficient (Wildman–Crippen LogP) is 6.46. The van der Waals surface area contributed by atoms with Crippen molar-refractivity contribution in [3.63, 3.8) is 0 Å². The molecule has 0 saturated carbocycles. The van der Waals surface area contributed by atoms with Gasteiger partial charge in [-0.3, -0.25) is 9.20 Å². The zero-order valence-corrected chi connectivity index (χ0v) is 22.4. The number of rotatable bonds is 5. The molecule has 0 fully saturated rings. The van der Waals surface area contributed by atoms with Gasteiger partial charge in [0.2, 0.25) is 5.78 Å². The molecule has 1 aliphatic heterocycles. The standard InChI is InChI=1S/C16H18F3N2P.C11H13N3O/c1-22-10-11-2-4-12(5-3-11)14-9-21-7-6-13(16(17,18)19)8-15(21)20-14;1-7(2)10-9(6-15)14-5-8(3)4-12-11(14)13-10/h2-5,9,13,22H,6-8,10H2,1H3;4-7H,1-3H3. The average molecular weight is 530 g/mol. The molecule has 0 saturated heterocycles. The fourth-order valence-electron chi connectivity index (χ4n) is 4.45. The highest BCUT2D eigenvalue weighted by molar-refractivity contribution is 7.36. The molecule has 2 atom stereocenters. The van der Waals surface area contributed by atoms with Crippen LogP contribution in [0.4, 0.5) is 13.2 Å². The van der Waals surface area contributed by atoms with Gasteiger partial charge in [0.25, 0.3) is 0 Å². The first-order chi connectivity index (χ1) is 17.6. The summed E-state index contributed by atoms with van der Waals surface area (Å²) < 4.78 is 42.1. The highest BCUT2D eigenvalue weighted by atomic mass is 31.1. The second-order valence-corrected chi connectivity index (χ2v) is 10.7. The molecule has 0 spiro atoms. The van der Waals surface area contributed by atoms with Gasteiger partial charge in [0.1, 0.15) is 11.5 Å². The molecule has 1 aliphatic rings. The van der Waals surface area contributed by atoms with Crippen LogP contribution in [-0.2, 0) is 19.1 Å². The van der Waals surface area contributed by atoms with Crippen molar-refractivity contribution >= 4 is 20.6 Å². The van der Waals surface area contributed by atoms with E-state index in [9.17, 15) is 18.0 Å². The van der Waals surface area contributed by atoms with Crippen molar-refractivity contribution in [2.24, 2.45) is 5.92 Å². The Hall–Kier alpha value is -3.06. The third-order valence-electron chi connectivity index (χ3n) is 6.43. The van der Waals surface area contributed by atoms with Gasteiger partial charge < -0.3 is 4.57 Å². The molecule has 37 heavy (non-hydrogen) atoms. The van der Waals surface area contributed by atoms with Crippen LogP contribution in [-0.4, -0.2) is 43.0 Å². The van der Waals surface area contributed by atoms with Gasteiger partial charge in [-0.1, -0.05) is 38.1 Å². The first kappa shape index (κ1) is 27.0. The Morgan fingerprint density at radius 2 is 1.89 bits per heavy atom. The van der Waals surface area contributed by atoms with Crippen molar-refractivity contribution in [3.05, 3.63) is 71.2 Å². The second kappa shape index (κ2) is 11.1. The van der Waals surface area contributed by atoms with E-state index in [0.29, 0.717) is 23.8 Å². The molecule has 0 N–H and O–H groups in total. The van der Waals surface area contributed by atoms with E-state index < -0.39 is 12.1 Å². The first-order valence-corrected chi connectivity index (χ1v) is 14.0. The van der Waals surface area contributed by atoms with Crippen LogP contribution in [0.25, 0.3) is 17.0 Å². The molecule has 3 aromatic heterocycles. The van der Waals surface area contributed by atoms with Crippen molar-refractivity contribution in [1.82, 2.24) is 23.9 Å². The van der Waals surface area contributed by atoms with E-state index in [-0.39, 0.29) is 18.8 Å². The predicted molar refractivity (Wildman–Crippen MR) is 141 cm³/mol. The lowest BCUT2D eigenvalue weighted by molar-refractivity contribution is -0.179. The lowest BCUT2D eigenvalue weighted by Gasteiger charge is -2.25. The van der Waals surface area contributed by atoms with Gasteiger partial charge in [0.15, 0.2) is 6.29 Å². The van der Waals surface area contributed by atoms with E-state index in [1.807, 2.05) is 49.9 Å². The molecule has 0 bridgehead atoms. The Morgan fingerprint density at radius 3 is 2.51 bits per heavy atom. The normalized spacial score (nSPS) is 15.7. The quantitative estimate of drug-likeness (QED) is 0.220. The number of benzene rings is 1. The molecule has 196 valence electrons. The highest BCUT2D eigenvalue weighted by Gasteiger charge is 2.41. The molecule has 5 rings (SSSR count). The number of carbonyl (C=O) groups is 1. The van der Waals surface area contributed by atoms with Crippen LogP contribution < -0.4 is 0 Å². The number of fused-ring (bicyclic) bond motifs is 2. The number of imidazole rings is 2. The van der Waals surface area contributed by atoms with Crippen LogP contribution in [0.1, 0.15) is 59.3 Å². The monoisotopic (exact) mass is 529 g/mol. The van der Waals surface area contributed by atoms with E-state index in [1.54, 1.807) is 10.6 Å².